The molecule has 0 aliphatic carbocycles. The maximum absolute atomic E-state index is 9.43. The number of nitriles is 1. The molecule has 0 unspecified atom stereocenters. The number of hydrogen-bond donors (Lipinski definition) is 0. The molecule has 9 aromatic carbocycles. The lowest BCUT2D eigenvalue weighted by atomic mass is 9.93. The molecule has 0 radical (unpaired) electrons. The van der Waals surface area contributed by atoms with Crippen LogP contribution in [-0.4, -0.2) is 15.0 Å². The van der Waals surface area contributed by atoms with Gasteiger partial charge in [-0.3, -0.25) is 0 Å². The lowest BCUT2D eigenvalue weighted by Gasteiger charge is -2.11. The van der Waals surface area contributed by atoms with Gasteiger partial charge in [0.15, 0.2) is 17.5 Å². The first kappa shape index (κ1) is 35.7. The van der Waals surface area contributed by atoms with Gasteiger partial charge >= 0.3 is 0 Å². The van der Waals surface area contributed by atoms with Crippen LogP contribution in [0.4, 0.5) is 0 Å². The van der Waals surface area contributed by atoms with Crippen LogP contribution in [0.1, 0.15) is 5.56 Å². The number of furan rings is 1. The third-order valence-corrected chi connectivity index (χ3v) is 11.4. The Hall–Kier alpha value is -8.46. The van der Waals surface area contributed by atoms with Crippen molar-refractivity contribution in [3.05, 3.63) is 212 Å². The van der Waals surface area contributed by atoms with Gasteiger partial charge in [0.25, 0.3) is 0 Å². The van der Waals surface area contributed by atoms with E-state index < -0.39 is 0 Å². The first-order chi connectivity index (χ1) is 30.2. The van der Waals surface area contributed by atoms with E-state index in [2.05, 4.69) is 164 Å². The summed E-state index contributed by atoms with van der Waals surface area (Å²) in [5, 5.41) is 13.7. The number of nitrogens with zero attached hydrogens (tertiary/aromatic N) is 4. The molecule has 2 heterocycles. The van der Waals surface area contributed by atoms with E-state index in [-0.39, 0.29) is 0 Å². The van der Waals surface area contributed by atoms with E-state index in [1.54, 1.807) is 0 Å². The van der Waals surface area contributed by atoms with E-state index in [0.717, 1.165) is 93.9 Å². The van der Waals surface area contributed by atoms with Gasteiger partial charge in [0.05, 0.1) is 11.6 Å². The molecule has 0 amide bonds. The van der Waals surface area contributed by atoms with E-state index in [1.807, 2.05) is 48.5 Å². The van der Waals surface area contributed by atoms with Crippen LogP contribution >= 0.6 is 0 Å². The standard InChI is InChI=1S/C56H34N4O/c57-35-36-18-20-41(21-19-36)46-16-9-17-51-52(46)50-34-49(47-14-7-8-15-48(47)53(50)61-51)42-26-32-45(33-27-42)56-59-54(43-28-22-39(23-29-43)37-10-3-1-4-11-37)58-55(60-56)44-30-24-40(25-31-44)38-12-5-2-6-13-38/h1-34H. The monoisotopic (exact) mass is 778 g/mol. The SMILES string of the molecule is N#Cc1ccc(-c2cccc3oc4c5ccccc5c(-c5ccc(-c6nc(-c7ccc(-c8ccccc8)cc7)nc(-c7ccc(-c8ccccc8)cc7)n6)cc5)cc4c23)cc1. The Labute approximate surface area is 352 Å². The van der Waals surface area contributed by atoms with Crippen LogP contribution in [0, 0.1) is 11.3 Å². The largest absolute Gasteiger partial charge is 0.455 e. The summed E-state index contributed by atoms with van der Waals surface area (Å²) in [6, 6.07) is 72.9. The summed E-state index contributed by atoms with van der Waals surface area (Å²) in [5.41, 5.74) is 13.8. The van der Waals surface area contributed by atoms with Crippen LogP contribution in [-0.2, 0) is 0 Å². The fraction of sp³-hybridized carbons (Fsp3) is 0. The number of hydrogen-bond acceptors (Lipinski definition) is 5. The van der Waals surface area contributed by atoms with Crippen LogP contribution in [0.25, 0.3) is 111 Å². The molecule has 0 saturated carbocycles. The molecule has 11 aromatic rings. The molecule has 61 heavy (non-hydrogen) atoms. The molecule has 0 N–H and O–H groups in total. The molecule has 5 nitrogen and oxygen atoms in total. The van der Waals surface area contributed by atoms with Gasteiger partial charge in [-0.05, 0) is 74.2 Å². The second-order valence-corrected chi connectivity index (χ2v) is 15.1. The fourth-order valence-corrected chi connectivity index (χ4v) is 8.30. The molecular formula is C56H34N4O. The van der Waals surface area contributed by atoms with Crippen molar-refractivity contribution in [1.82, 2.24) is 15.0 Å². The Morgan fingerprint density at radius 2 is 0.770 bits per heavy atom. The molecule has 0 aliphatic rings. The quantitative estimate of drug-likeness (QED) is 0.161. The van der Waals surface area contributed by atoms with Gasteiger partial charge in [0.2, 0.25) is 0 Å². The highest BCUT2D eigenvalue weighted by atomic mass is 16.3. The Morgan fingerprint density at radius 1 is 0.344 bits per heavy atom. The summed E-state index contributed by atoms with van der Waals surface area (Å²) in [7, 11) is 0. The summed E-state index contributed by atoms with van der Waals surface area (Å²) < 4.78 is 6.62. The van der Waals surface area contributed by atoms with Crippen molar-refractivity contribution in [2.45, 2.75) is 0 Å². The predicted molar refractivity (Wildman–Crippen MR) is 247 cm³/mol. The highest BCUT2D eigenvalue weighted by molar-refractivity contribution is 6.22. The number of fused-ring (bicyclic) bond motifs is 5. The summed E-state index contributed by atoms with van der Waals surface area (Å²) in [6.07, 6.45) is 0. The van der Waals surface area contributed by atoms with E-state index in [9.17, 15) is 5.26 Å². The molecule has 0 saturated heterocycles. The lowest BCUT2D eigenvalue weighted by molar-refractivity contribution is 0.673. The molecule has 0 atom stereocenters. The molecular weight excluding hydrogens is 745 g/mol. The molecule has 284 valence electrons. The minimum atomic E-state index is 0.596. The minimum absolute atomic E-state index is 0.596. The van der Waals surface area contributed by atoms with Crippen molar-refractivity contribution >= 4 is 32.7 Å². The van der Waals surface area contributed by atoms with Gasteiger partial charge in [-0.2, -0.15) is 5.26 Å². The molecule has 5 heteroatoms. The zero-order chi connectivity index (χ0) is 40.7. The predicted octanol–water partition coefficient (Wildman–Crippen LogP) is 14.5. The minimum Gasteiger partial charge on any atom is -0.455 e. The van der Waals surface area contributed by atoms with Crippen molar-refractivity contribution in [2.24, 2.45) is 0 Å². The van der Waals surface area contributed by atoms with Crippen molar-refractivity contribution in [3.8, 4) is 84.7 Å². The van der Waals surface area contributed by atoms with Gasteiger partial charge in [-0.25, -0.2) is 15.0 Å². The Balaban J connectivity index is 1.02. The average molecular weight is 779 g/mol. The van der Waals surface area contributed by atoms with Gasteiger partial charge in [-0.15, -0.1) is 0 Å². The smallest absolute Gasteiger partial charge is 0.164 e. The summed E-state index contributed by atoms with van der Waals surface area (Å²) >= 11 is 0. The van der Waals surface area contributed by atoms with Crippen LogP contribution < -0.4 is 0 Å². The Morgan fingerprint density at radius 3 is 1.30 bits per heavy atom. The van der Waals surface area contributed by atoms with Gasteiger partial charge in [0, 0.05) is 32.8 Å². The Kier molecular flexibility index (Phi) is 8.80. The van der Waals surface area contributed by atoms with Crippen molar-refractivity contribution in [1.29, 1.82) is 5.26 Å². The zero-order valence-corrected chi connectivity index (χ0v) is 32.8. The van der Waals surface area contributed by atoms with Gasteiger partial charge in [0.1, 0.15) is 11.2 Å². The lowest BCUT2D eigenvalue weighted by Crippen LogP contribution is -2.00. The molecule has 11 rings (SSSR count). The van der Waals surface area contributed by atoms with E-state index in [4.69, 9.17) is 19.4 Å². The highest BCUT2D eigenvalue weighted by Gasteiger charge is 2.19. The fourth-order valence-electron chi connectivity index (χ4n) is 8.30. The molecule has 0 aliphatic heterocycles. The number of aromatic nitrogens is 3. The average Bonchev–Trinajstić information content (AvgIpc) is 3.74. The topological polar surface area (TPSA) is 75.6 Å². The van der Waals surface area contributed by atoms with Crippen LogP contribution in [0.3, 0.4) is 0 Å². The van der Waals surface area contributed by atoms with Gasteiger partial charge < -0.3 is 4.42 Å². The van der Waals surface area contributed by atoms with E-state index in [0.29, 0.717) is 23.0 Å². The third kappa shape index (κ3) is 6.59. The zero-order valence-electron chi connectivity index (χ0n) is 32.8. The van der Waals surface area contributed by atoms with Crippen LogP contribution in [0.2, 0.25) is 0 Å². The Bertz CT molecular complexity index is 3320. The first-order valence-electron chi connectivity index (χ1n) is 20.2. The van der Waals surface area contributed by atoms with Gasteiger partial charge in [-0.1, -0.05) is 182 Å². The molecule has 2 aromatic heterocycles. The maximum atomic E-state index is 9.43. The van der Waals surface area contributed by atoms with E-state index in [1.165, 1.54) is 0 Å². The van der Waals surface area contributed by atoms with Crippen molar-refractivity contribution in [3.63, 3.8) is 0 Å². The second kappa shape index (κ2) is 15.0. The van der Waals surface area contributed by atoms with E-state index >= 15 is 0 Å². The molecule has 0 fully saturated rings. The van der Waals surface area contributed by atoms with Crippen LogP contribution in [0.15, 0.2) is 211 Å². The summed E-state index contributed by atoms with van der Waals surface area (Å²) in [6.45, 7) is 0. The maximum Gasteiger partial charge on any atom is 0.164 e. The third-order valence-electron chi connectivity index (χ3n) is 11.4. The van der Waals surface area contributed by atoms with Crippen molar-refractivity contribution in [2.75, 3.05) is 0 Å². The van der Waals surface area contributed by atoms with Crippen LogP contribution in [0.5, 0.6) is 0 Å². The first-order valence-corrected chi connectivity index (χ1v) is 20.2. The van der Waals surface area contributed by atoms with Crippen molar-refractivity contribution < 1.29 is 4.42 Å². The summed E-state index contributed by atoms with van der Waals surface area (Å²) in [5.74, 6) is 1.81. The highest BCUT2D eigenvalue weighted by Crippen LogP contribution is 2.43. The number of benzene rings is 9. The second-order valence-electron chi connectivity index (χ2n) is 15.1. The summed E-state index contributed by atoms with van der Waals surface area (Å²) in [4.78, 5) is 15.2. The molecule has 0 spiro atoms. The normalized spacial score (nSPS) is 11.3. The molecule has 0 bridgehead atoms. The number of rotatable bonds is 7.